The fourth-order valence-electron chi connectivity index (χ4n) is 3.20. The Morgan fingerprint density at radius 3 is 2.19 bits per heavy atom. The molecular formula is C25H31N5O2. The number of benzene rings is 2. The SMILES string of the molecule is CCCN(CC(=O)Nc1cc(C(C)(C)C)nn1-c1ccccc1)C(=O)Nc1ccccc1. The maximum atomic E-state index is 12.9. The Morgan fingerprint density at radius 1 is 0.969 bits per heavy atom. The van der Waals surface area contributed by atoms with Gasteiger partial charge >= 0.3 is 6.03 Å². The number of urea groups is 1. The van der Waals surface area contributed by atoms with E-state index >= 15 is 0 Å². The van der Waals surface area contributed by atoms with Crippen LogP contribution in [-0.2, 0) is 10.2 Å². The molecule has 0 saturated heterocycles. The smallest absolute Gasteiger partial charge is 0.315 e. The molecule has 0 aliphatic heterocycles. The standard InChI is InChI=1S/C25H31N5O2/c1-5-16-29(24(32)26-19-12-8-6-9-13-19)18-23(31)27-22-17-21(25(2,3)4)28-30(22)20-14-10-7-11-15-20/h6-15,17H,5,16,18H2,1-4H3,(H,26,32)(H,27,31). The van der Waals surface area contributed by atoms with E-state index in [1.165, 1.54) is 4.90 Å². The number of carbonyl (C=O) groups is 2. The summed E-state index contributed by atoms with van der Waals surface area (Å²) in [4.78, 5) is 27.2. The second-order valence-electron chi connectivity index (χ2n) is 8.68. The quantitative estimate of drug-likeness (QED) is 0.547. The zero-order valence-corrected chi connectivity index (χ0v) is 19.1. The molecule has 3 amide bonds. The van der Waals surface area contributed by atoms with E-state index < -0.39 is 0 Å². The molecule has 1 aromatic heterocycles. The molecule has 0 fully saturated rings. The summed E-state index contributed by atoms with van der Waals surface area (Å²) in [5, 5.41) is 10.5. The molecule has 0 bridgehead atoms. The number of anilines is 2. The zero-order chi connectivity index (χ0) is 23.1. The Kier molecular flexibility index (Phi) is 7.30. The van der Waals surface area contributed by atoms with E-state index in [1.807, 2.05) is 73.7 Å². The van der Waals surface area contributed by atoms with Gasteiger partial charge in [0.25, 0.3) is 0 Å². The highest BCUT2D eigenvalue weighted by atomic mass is 16.2. The Morgan fingerprint density at radius 2 is 1.59 bits per heavy atom. The van der Waals surface area contributed by atoms with Gasteiger partial charge in [0.15, 0.2) is 0 Å². The van der Waals surface area contributed by atoms with Crippen LogP contribution in [0, 0.1) is 0 Å². The highest BCUT2D eigenvalue weighted by molar-refractivity contribution is 5.96. The third-order valence-electron chi connectivity index (χ3n) is 4.89. The van der Waals surface area contributed by atoms with Gasteiger partial charge in [-0.1, -0.05) is 64.1 Å². The molecule has 2 N–H and O–H groups in total. The summed E-state index contributed by atoms with van der Waals surface area (Å²) in [5.41, 5.74) is 2.23. The van der Waals surface area contributed by atoms with Gasteiger partial charge in [0, 0.05) is 23.7 Å². The lowest BCUT2D eigenvalue weighted by Crippen LogP contribution is -2.41. The Hall–Kier alpha value is -3.61. The summed E-state index contributed by atoms with van der Waals surface area (Å²) in [6, 6.07) is 20.5. The van der Waals surface area contributed by atoms with E-state index in [0.717, 1.165) is 17.8 Å². The van der Waals surface area contributed by atoms with Crippen molar-refractivity contribution in [3.05, 3.63) is 72.4 Å². The van der Waals surface area contributed by atoms with Crippen molar-refractivity contribution in [2.45, 2.75) is 39.5 Å². The van der Waals surface area contributed by atoms with Gasteiger partial charge in [-0.25, -0.2) is 9.48 Å². The normalized spacial score (nSPS) is 11.1. The van der Waals surface area contributed by atoms with E-state index in [4.69, 9.17) is 5.10 Å². The highest BCUT2D eigenvalue weighted by Gasteiger charge is 2.23. The van der Waals surface area contributed by atoms with Crippen molar-refractivity contribution in [2.24, 2.45) is 0 Å². The minimum atomic E-state index is -0.305. The van der Waals surface area contributed by atoms with Crippen molar-refractivity contribution in [1.82, 2.24) is 14.7 Å². The number of nitrogens with zero attached hydrogens (tertiary/aromatic N) is 3. The van der Waals surface area contributed by atoms with Crippen LogP contribution < -0.4 is 10.6 Å². The number of amides is 3. The molecule has 0 aliphatic carbocycles. The van der Waals surface area contributed by atoms with Gasteiger partial charge < -0.3 is 15.5 Å². The second-order valence-corrected chi connectivity index (χ2v) is 8.68. The molecule has 2 aromatic carbocycles. The molecule has 3 rings (SSSR count). The number of carbonyl (C=O) groups excluding carboxylic acids is 2. The largest absolute Gasteiger partial charge is 0.322 e. The maximum Gasteiger partial charge on any atom is 0.322 e. The van der Waals surface area contributed by atoms with Crippen molar-refractivity contribution in [3.8, 4) is 5.69 Å². The van der Waals surface area contributed by atoms with E-state index in [2.05, 4.69) is 31.4 Å². The summed E-state index contributed by atoms with van der Waals surface area (Å²) in [6.45, 7) is 8.61. The van der Waals surface area contributed by atoms with Crippen LogP contribution in [0.3, 0.4) is 0 Å². The molecule has 0 atom stereocenters. The Balaban J connectivity index is 1.77. The van der Waals surface area contributed by atoms with Crippen molar-refractivity contribution in [2.75, 3.05) is 23.7 Å². The van der Waals surface area contributed by atoms with Gasteiger partial charge in [0.05, 0.1) is 11.4 Å². The van der Waals surface area contributed by atoms with Crippen LogP contribution in [0.5, 0.6) is 0 Å². The molecule has 0 spiro atoms. The lowest BCUT2D eigenvalue weighted by molar-refractivity contribution is -0.116. The summed E-state index contributed by atoms with van der Waals surface area (Å²) >= 11 is 0. The summed E-state index contributed by atoms with van der Waals surface area (Å²) in [5.74, 6) is 0.297. The summed E-state index contributed by atoms with van der Waals surface area (Å²) in [7, 11) is 0. The van der Waals surface area contributed by atoms with E-state index in [0.29, 0.717) is 18.1 Å². The molecule has 0 unspecified atom stereocenters. The summed E-state index contributed by atoms with van der Waals surface area (Å²) in [6.07, 6.45) is 0.742. The number of nitrogens with one attached hydrogen (secondary N) is 2. The van der Waals surface area contributed by atoms with Gasteiger partial charge in [-0.05, 0) is 30.7 Å². The number of rotatable bonds is 7. The number of para-hydroxylation sites is 2. The molecule has 168 valence electrons. The summed E-state index contributed by atoms with van der Waals surface area (Å²) < 4.78 is 1.73. The molecular weight excluding hydrogens is 402 g/mol. The molecule has 0 saturated carbocycles. The first-order valence-corrected chi connectivity index (χ1v) is 10.8. The third-order valence-corrected chi connectivity index (χ3v) is 4.89. The predicted molar refractivity (Wildman–Crippen MR) is 128 cm³/mol. The van der Waals surface area contributed by atoms with Crippen LogP contribution in [0.4, 0.5) is 16.3 Å². The van der Waals surface area contributed by atoms with Gasteiger partial charge in [-0.15, -0.1) is 0 Å². The van der Waals surface area contributed by atoms with E-state index in [9.17, 15) is 9.59 Å². The number of hydrogen-bond acceptors (Lipinski definition) is 3. The van der Waals surface area contributed by atoms with Crippen LogP contribution in [0.15, 0.2) is 66.7 Å². The second kappa shape index (κ2) is 10.1. The first kappa shape index (κ1) is 23.1. The van der Waals surface area contributed by atoms with Crippen LogP contribution in [0.25, 0.3) is 5.69 Å². The predicted octanol–water partition coefficient (Wildman–Crippen LogP) is 5.05. The van der Waals surface area contributed by atoms with Gasteiger partial charge in [0.2, 0.25) is 5.91 Å². The first-order valence-electron chi connectivity index (χ1n) is 10.8. The first-order chi connectivity index (χ1) is 15.3. The molecule has 32 heavy (non-hydrogen) atoms. The molecule has 0 aliphatic rings. The van der Waals surface area contributed by atoms with Crippen molar-refractivity contribution in [3.63, 3.8) is 0 Å². The molecule has 3 aromatic rings. The minimum Gasteiger partial charge on any atom is -0.315 e. The fraction of sp³-hybridized carbons (Fsp3) is 0.320. The van der Waals surface area contributed by atoms with Crippen molar-refractivity contribution < 1.29 is 9.59 Å². The van der Waals surface area contributed by atoms with Gasteiger partial charge in [0.1, 0.15) is 12.4 Å². The maximum absolute atomic E-state index is 12.9. The zero-order valence-electron chi connectivity index (χ0n) is 19.1. The lowest BCUT2D eigenvalue weighted by atomic mass is 9.92. The Labute approximate surface area is 189 Å². The van der Waals surface area contributed by atoms with Crippen LogP contribution in [0.1, 0.15) is 39.8 Å². The van der Waals surface area contributed by atoms with Crippen LogP contribution in [0.2, 0.25) is 0 Å². The van der Waals surface area contributed by atoms with Gasteiger partial charge in [-0.2, -0.15) is 5.10 Å². The monoisotopic (exact) mass is 433 g/mol. The highest BCUT2D eigenvalue weighted by Crippen LogP contribution is 2.26. The van der Waals surface area contributed by atoms with E-state index in [-0.39, 0.29) is 23.9 Å². The molecule has 0 radical (unpaired) electrons. The Bertz CT molecular complexity index is 1040. The third kappa shape index (κ3) is 5.97. The molecule has 1 heterocycles. The minimum absolute atomic E-state index is 0.0582. The van der Waals surface area contributed by atoms with Crippen LogP contribution in [-0.4, -0.2) is 39.7 Å². The fourth-order valence-corrected chi connectivity index (χ4v) is 3.20. The lowest BCUT2D eigenvalue weighted by Gasteiger charge is -2.22. The molecule has 7 heteroatoms. The average molecular weight is 434 g/mol. The van der Waals surface area contributed by atoms with Gasteiger partial charge in [-0.3, -0.25) is 4.79 Å². The van der Waals surface area contributed by atoms with Crippen LogP contribution >= 0.6 is 0 Å². The van der Waals surface area contributed by atoms with Crippen molar-refractivity contribution in [1.29, 1.82) is 0 Å². The number of hydrogen-bond donors (Lipinski definition) is 2. The topological polar surface area (TPSA) is 79.3 Å². The number of aromatic nitrogens is 2. The van der Waals surface area contributed by atoms with Crippen molar-refractivity contribution >= 4 is 23.4 Å². The average Bonchev–Trinajstić information content (AvgIpc) is 3.19. The molecule has 7 nitrogen and oxygen atoms in total. The van der Waals surface area contributed by atoms with E-state index in [1.54, 1.807) is 4.68 Å².